The van der Waals surface area contributed by atoms with Crippen LogP contribution in [0, 0.1) is 0 Å². The number of carbonyl (C=O) groups excluding carboxylic acids is 2. The Hall–Kier alpha value is -1.10. The number of unbranched alkanes of at least 4 members (excludes halogenated alkanes) is 25. The molecule has 0 aromatic heterocycles. The van der Waals surface area contributed by atoms with Crippen LogP contribution >= 0.6 is 0 Å². The van der Waals surface area contributed by atoms with E-state index in [1.807, 2.05) is 0 Å². The van der Waals surface area contributed by atoms with Gasteiger partial charge in [-0.1, -0.05) is 175 Å². The topological polar surface area (TPSA) is 64.6 Å². The molecule has 0 amide bonds. The number of hydrogen-bond donors (Lipinski definition) is 1. The standard InChI is InChI=1S/C46H91NO4/c1-5-9-12-15-22-29-36-43(8-4)50-45(48)39-33-26-21-28-35-42-47-41-34-27-20-18-19-25-32-40-46(49)51-44(37-30-23-16-13-10-6-2)38-31-24-17-14-11-7-3/h43-44,47H,5-42H2,1-4H3. The highest BCUT2D eigenvalue weighted by atomic mass is 16.5. The maximum absolute atomic E-state index is 12.6. The van der Waals surface area contributed by atoms with E-state index in [9.17, 15) is 9.59 Å². The Labute approximate surface area is 319 Å². The Morgan fingerprint density at radius 2 is 0.667 bits per heavy atom. The summed E-state index contributed by atoms with van der Waals surface area (Å²) in [6, 6.07) is 0. The molecule has 5 heteroatoms. The first-order valence-electron chi connectivity index (χ1n) is 23.2. The van der Waals surface area contributed by atoms with Crippen LogP contribution in [0.25, 0.3) is 0 Å². The highest BCUT2D eigenvalue weighted by Gasteiger charge is 2.15. The van der Waals surface area contributed by atoms with Crippen molar-refractivity contribution in [2.24, 2.45) is 0 Å². The van der Waals surface area contributed by atoms with Crippen molar-refractivity contribution < 1.29 is 19.1 Å². The summed E-state index contributed by atoms with van der Waals surface area (Å²) in [7, 11) is 0. The SMILES string of the molecule is CCCCCCCCC(CC)OC(=O)CCCCCCCNCCCCCCCCCC(=O)OC(CCCCCCCC)CCCCCCCC. The number of ether oxygens (including phenoxy) is 2. The van der Waals surface area contributed by atoms with E-state index in [4.69, 9.17) is 9.47 Å². The molecule has 0 aliphatic carbocycles. The molecule has 0 saturated carbocycles. The molecular formula is C46H91NO4. The summed E-state index contributed by atoms with van der Waals surface area (Å²) in [6.07, 6.45) is 43.1. The van der Waals surface area contributed by atoms with Gasteiger partial charge in [-0.25, -0.2) is 0 Å². The minimum absolute atomic E-state index is 0.00980. The Morgan fingerprint density at radius 1 is 0.373 bits per heavy atom. The minimum atomic E-state index is 0.00980. The molecule has 0 bridgehead atoms. The number of carbonyl (C=O) groups is 2. The van der Waals surface area contributed by atoms with Crippen LogP contribution in [0.15, 0.2) is 0 Å². The van der Waals surface area contributed by atoms with E-state index in [-0.39, 0.29) is 24.1 Å². The largest absolute Gasteiger partial charge is 0.462 e. The Bertz CT molecular complexity index is 697. The van der Waals surface area contributed by atoms with E-state index in [0.29, 0.717) is 12.8 Å². The van der Waals surface area contributed by atoms with Gasteiger partial charge in [0.05, 0.1) is 0 Å². The lowest BCUT2D eigenvalue weighted by atomic mass is 10.0. The third kappa shape index (κ3) is 38.4. The van der Waals surface area contributed by atoms with Crippen LogP contribution in [-0.2, 0) is 19.1 Å². The van der Waals surface area contributed by atoms with Gasteiger partial charge in [0.15, 0.2) is 0 Å². The summed E-state index contributed by atoms with van der Waals surface area (Å²) in [6.45, 7) is 11.1. The molecule has 0 radical (unpaired) electrons. The van der Waals surface area contributed by atoms with E-state index in [1.54, 1.807) is 0 Å². The van der Waals surface area contributed by atoms with E-state index in [2.05, 4.69) is 33.0 Å². The molecule has 304 valence electrons. The first-order valence-corrected chi connectivity index (χ1v) is 23.2. The Kier molecular flexibility index (Phi) is 40.8. The zero-order valence-corrected chi connectivity index (χ0v) is 35.2. The van der Waals surface area contributed by atoms with Crippen molar-refractivity contribution in [3.63, 3.8) is 0 Å². The van der Waals surface area contributed by atoms with Gasteiger partial charge in [-0.2, -0.15) is 0 Å². The van der Waals surface area contributed by atoms with Crippen LogP contribution in [0.2, 0.25) is 0 Å². The van der Waals surface area contributed by atoms with Crippen molar-refractivity contribution in [1.29, 1.82) is 0 Å². The van der Waals surface area contributed by atoms with Gasteiger partial charge in [0.2, 0.25) is 0 Å². The van der Waals surface area contributed by atoms with E-state index in [0.717, 1.165) is 64.5 Å². The van der Waals surface area contributed by atoms with Gasteiger partial charge in [-0.05, 0) is 83.7 Å². The smallest absolute Gasteiger partial charge is 0.306 e. The van der Waals surface area contributed by atoms with Crippen molar-refractivity contribution in [3.8, 4) is 0 Å². The number of esters is 2. The second-order valence-corrected chi connectivity index (χ2v) is 15.8. The quantitative estimate of drug-likeness (QED) is 0.0502. The Balaban J connectivity index is 3.68. The maximum Gasteiger partial charge on any atom is 0.306 e. The van der Waals surface area contributed by atoms with Crippen LogP contribution in [0.1, 0.15) is 259 Å². The van der Waals surface area contributed by atoms with Crippen LogP contribution in [-0.4, -0.2) is 37.2 Å². The fourth-order valence-electron chi connectivity index (χ4n) is 7.13. The summed E-state index contributed by atoms with van der Waals surface area (Å²) < 4.78 is 11.8. The lowest BCUT2D eigenvalue weighted by molar-refractivity contribution is -0.150. The Morgan fingerprint density at radius 3 is 1.04 bits per heavy atom. The van der Waals surface area contributed by atoms with Crippen LogP contribution < -0.4 is 5.32 Å². The summed E-state index contributed by atoms with van der Waals surface area (Å²) in [5.41, 5.74) is 0. The summed E-state index contributed by atoms with van der Waals surface area (Å²) in [4.78, 5) is 24.9. The van der Waals surface area contributed by atoms with Crippen LogP contribution in [0.3, 0.4) is 0 Å². The van der Waals surface area contributed by atoms with Crippen molar-refractivity contribution in [3.05, 3.63) is 0 Å². The van der Waals surface area contributed by atoms with Crippen molar-refractivity contribution in [2.75, 3.05) is 13.1 Å². The molecule has 0 aromatic carbocycles. The fraction of sp³-hybridized carbons (Fsp3) is 0.957. The zero-order chi connectivity index (χ0) is 37.3. The summed E-state index contributed by atoms with van der Waals surface area (Å²) in [5, 5.41) is 3.61. The second kappa shape index (κ2) is 41.7. The van der Waals surface area contributed by atoms with E-state index >= 15 is 0 Å². The summed E-state index contributed by atoms with van der Waals surface area (Å²) in [5.74, 6) is 0.0535. The van der Waals surface area contributed by atoms with Crippen LogP contribution in [0.4, 0.5) is 0 Å². The number of nitrogens with one attached hydrogen (secondary N) is 1. The number of hydrogen-bond acceptors (Lipinski definition) is 5. The molecule has 0 rings (SSSR count). The van der Waals surface area contributed by atoms with Crippen LogP contribution in [0.5, 0.6) is 0 Å². The predicted octanol–water partition coefficient (Wildman–Crippen LogP) is 14.5. The van der Waals surface area contributed by atoms with Gasteiger partial charge in [0, 0.05) is 12.8 Å². The molecule has 0 saturated heterocycles. The maximum atomic E-state index is 12.6. The molecule has 0 heterocycles. The molecular weight excluding hydrogens is 631 g/mol. The fourth-order valence-corrected chi connectivity index (χ4v) is 7.13. The molecule has 0 aliphatic heterocycles. The van der Waals surface area contributed by atoms with E-state index < -0.39 is 0 Å². The highest BCUT2D eigenvalue weighted by Crippen LogP contribution is 2.19. The lowest BCUT2D eigenvalue weighted by Crippen LogP contribution is -2.18. The molecule has 1 unspecified atom stereocenters. The first-order chi connectivity index (χ1) is 25.1. The molecule has 1 atom stereocenters. The highest BCUT2D eigenvalue weighted by molar-refractivity contribution is 5.69. The average molecular weight is 722 g/mol. The molecule has 0 spiro atoms. The van der Waals surface area contributed by atoms with Gasteiger partial charge < -0.3 is 14.8 Å². The number of rotatable bonds is 42. The van der Waals surface area contributed by atoms with Gasteiger partial charge in [0.25, 0.3) is 0 Å². The molecule has 5 nitrogen and oxygen atoms in total. The van der Waals surface area contributed by atoms with Gasteiger partial charge >= 0.3 is 11.9 Å². The molecule has 0 fully saturated rings. The third-order valence-electron chi connectivity index (χ3n) is 10.7. The van der Waals surface area contributed by atoms with Gasteiger partial charge in [0.1, 0.15) is 12.2 Å². The monoisotopic (exact) mass is 722 g/mol. The van der Waals surface area contributed by atoms with Crippen molar-refractivity contribution in [2.45, 2.75) is 271 Å². The first kappa shape index (κ1) is 49.9. The lowest BCUT2D eigenvalue weighted by Gasteiger charge is -2.18. The third-order valence-corrected chi connectivity index (χ3v) is 10.7. The normalized spacial score (nSPS) is 12.1. The van der Waals surface area contributed by atoms with E-state index in [1.165, 1.54) is 167 Å². The zero-order valence-electron chi connectivity index (χ0n) is 35.2. The molecule has 0 aliphatic rings. The molecule has 1 N–H and O–H groups in total. The second-order valence-electron chi connectivity index (χ2n) is 15.8. The average Bonchev–Trinajstić information content (AvgIpc) is 3.13. The predicted molar refractivity (Wildman–Crippen MR) is 222 cm³/mol. The van der Waals surface area contributed by atoms with Gasteiger partial charge in [-0.15, -0.1) is 0 Å². The molecule has 51 heavy (non-hydrogen) atoms. The minimum Gasteiger partial charge on any atom is -0.462 e. The van der Waals surface area contributed by atoms with Gasteiger partial charge in [-0.3, -0.25) is 9.59 Å². The molecule has 0 aromatic rings. The van der Waals surface area contributed by atoms with Crippen molar-refractivity contribution >= 4 is 11.9 Å². The summed E-state index contributed by atoms with van der Waals surface area (Å²) >= 11 is 0. The van der Waals surface area contributed by atoms with Crippen molar-refractivity contribution in [1.82, 2.24) is 5.32 Å².